The van der Waals surface area contributed by atoms with Crippen LogP contribution < -0.4 is 0 Å². The number of rotatable bonds is 0. The van der Waals surface area contributed by atoms with E-state index in [9.17, 15) is 0 Å². The minimum Gasteiger partial charge on any atom is -0.361 e. The van der Waals surface area contributed by atoms with Gasteiger partial charge < -0.3 is 4.98 Å². The van der Waals surface area contributed by atoms with Gasteiger partial charge in [-0.05, 0) is 17.5 Å². The van der Waals surface area contributed by atoms with Crippen LogP contribution in [0.15, 0.2) is 36.5 Å². The number of hydrogen-bond acceptors (Lipinski definition) is 0. The highest BCUT2D eigenvalue weighted by Crippen LogP contribution is 2.09. The summed E-state index contributed by atoms with van der Waals surface area (Å²) in [5, 5.41) is 1.28. The first-order valence-corrected chi connectivity index (χ1v) is 3.32. The maximum atomic E-state index is 4.00. The molecule has 54 valence electrons. The third-order valence-corrected chi connectivity index (χ3v) is 1.46. The van der Waals surface area contributed by atoms with Crippen LogP contribution in [-0.4, -0.2) is 4.98 Å². The van der Waals surface area contributed by atoms with Crippen LogP contribution in [0.5, 0.6) is 0 Å². The lowest BCUT2D eigenvalue weighted by molar-refractivity contribution is 1.48. The monoisotopic (exact) mass is 143 g/mol. The van der Waals surface area contributed by atoms with Crippen molar-refractivity contribution in [2.75, 3.05) is 0 Å². The van der Waals surface area contributed by atoms with Gasteiger partial charge in [-0.25, -0.2) is 0 Å². The maximum Gasteiger partial charge on any atom is 0.0453 e. The lowest BCUT2D eigenvalue weighted by atomic mass is 10.3. The van der Waals surface area contributed by atoms with Gasteiger partial charge in [0.2, 0.25) is 0 Å². The molecule has 0 fully saturated rings. The molecule has 2 rings (SSSR count). The Kier molecular flexibility index (Phi) is 2.35. The first-order valence-electron chi connectivity index (χ1n) is 3.32. The zero-order chi connectivity index (χ0) is 8.10. The van der Waals surface area contributed by atoms with Crippen molar-refractivity contribution in [2.24, 2.45) is 0 Å². The van der Waals surface area contributed by atoms with E-state index in [1.807, 2.05) is 18.3 Å². The number of hydrogen-bond donors (Lipinski definition) is 1. The molecule has 0 aliphatic rings. The number of H-pyrrole nitrogens is 1. The lowest BCUT2D eigenvalue weighted by Gasteiger charge is -1.83. The molecule has 11 heavy (non-hydrogen) atoms. The second kappa shape index (κ2) is 3.48. The first kappa shape index (κ1) is 7.43. The maximum absolute atomic E-state index is 4.00. The van der Waals surface area contributed by atoms with Gasteiger partial charge in [0.1, 0.15) is 0 Å². The van der Waals surface area contributed by atoms with Gasteiger partial charge in [-0.1, -0.05) is 18.2 Å². The Hall–Kier alpha value is -1.68. The van der Waals surface area contributed by atoms with Crippen LogP contribution in [0.25, 0.3) is 10.9 Å². The van der Waals surface area contributed by atoms with Gasteiger partial charge in [0.05, 0.1) is 0 Å². The smallest absolute Gasteiger partial charge is 0.0453 e. The number of fused-ring (bicyclic) bond motifs is 1. The molecule has 0 saturated heterocycles. The molecule has 0 bridgehead atoms. The van der Waals surface area contributed by atoms with Crippen LogP contribution >= 0.6 is 0 Å². The van der Waals surface area contributed by atoms with E-state index >= 15 is 0 Å². The Morgan fingerprint density at radius 1 is 1.00 bits per heavy atom. The molecule has 0 radical (unpaired) electrons. The number of nitrogens with one attached hydrogen (secondary N) is 1. The van der Waals surface area contributed by atoms with Crippen molar-refractivity contribution in [3.05, 3.63) is 36.5 Å². The molecule has 1 heteroatoms. The van der Waals surface area contributed by atoms with Crippen molar-refractivity contribution >= 4 is 10.9 Å². The van der Waals surface area contributed by atoms with E-state index < -0.39 is 0 Å². The largest absolute Gasteiger partial charge is 0.361 e. The van der Waals surface area contributed by atoms with E-state index in [1.165, 1.54) is 10.9 Å². The highest BCUT2D eigenvalue weighted by Gasteiger charge is 1.86. The first-order chi connectivity index (χ1) is 5.47. The molecule has 1 heterocycles. The molecule has 2 aromatic rings. The number of benzene rings is 1. The standard InChI is InChI=1S/C8H7N.C2H2/c1-2-4-8-7(3-1)5-6-9-8;1-2/h1-6,9H;1-2H. The number of para-hydroxylation sites is 1. The highest BCUT2D eigenvalue weighted by atomic mass is 14.6. The van der Waals surface area contributed by atoms with Crippen LogP contribution in [0.2, 0.25) is 0 Å². The Bertz CT molecular complexity index is 313. The second-order valence-corrected chi connectivity index (χ2v) is 2.06. The van der Waals surface area contributed by atoms with Crippen LogP contribution in [0, 0.1) is 12.8 Å². The average Bonchev–Trinajstić information content (AvgIpc) is 2.55. The van der Waals surface area contributed by atoms with Gasteiger partial charge in [0.25, 0.3) is 0 Å². The van der Waals surface area contributed by atoms with E-state index in [0.717, 1.165) is 0 Å². The minimum atomic E-state index is 1.21. The fourth-order valence-corrected chi connectivity index (χ4v) is 0.995. The van der Waals surface area contributed by atoms with Crippen LogP contribution in [0.1, 0.15) is 0 Å². The number of terminal acetylenes is 1. The zero-order valence-electron chi connectivity index (χ0n) is 6.12. The van der Waals surface area contributed by atoms with E-state index in [-0.39, 0.29) is 0 Å². The third kappa shape index (κ3) is 1.42. The molecule has 1 aromatic carbocycles. The van der Waals surface area contributed by atoms with Gasteiger partial charge in [-0.2, -0.15) is 0 Å². The summed E-state index contributed by atoms with van der Waals surface area (Å²) in [6.07, 6.45) is 9.95. The van der Waals surface area contributed by atoms with Crippen molar-refractivity contribution in [3.63, 3.8) is 0 Å². The number of aromatic nitrogens is 1. The summed E-state index contributed by atoms with van der Waals surface area (Å²) in [4.78, 5) is 3.12. The molecular weight excluding hydrogens is 134 g/mol. The van der Waals surface area contributed by atoms with Crippen LogP contribution in [-0.2, 0) is 0 Å². The second-order valence-electron chi connectivity index (χ2n) is 2.06. The van der Waals surface area contributed by atoms with Crippen molar-refractivity contribution in [1.82, 2.24) is 4.98 Å². The summed E-state index contributed by atoms with van der Waals surface area (Å²) in [6.45, 7) is 0. The van der Waals surface area contributed by atoms with Gasteiger partial charge >= 0.3 is 0 Å². The SMILES string of the molecule is C#C.c1ccc2[nH]ccc2c1. The Morgan fingerprint density at radius 3 is 2.45 bits per heavy atom. The summed E-state index contributed by atoms with van der Waals surface area (Å²) in [7, 11) is 0. The molecular formula is C10H9N. The summed E-state index contributed by atoms with van der Waals surface area (Å²) in [5.41, 5.74) is 1.21. The fourth-order valence-electron chi connectivity index (χ4n) is 0.995. The minimum absolute atomic E-state index is 1.21. The molecule has 0 aliphatic heterocycles. The summed E-state index contributed by atoms with van der Waals surface area (Å²) >= 11 is 0. The predicted octanol–water partition coefficient (Wildman–Crippen LogP) is 2.42. The van der Waals surface area contributed by atoms with Crippen molar-refractivity contribution in [1.29, 1.82) is 0 Å². The van der Waals surface area contributed by atoms with Crippen molar-refractivity contribution in [3.8, 4) is 12.8 Å². The number of aromatic amines is 1. The summed E-state index contributed by atoms with van der Waals surface area (Å²) in [5.74, 6) is 0. The molecule has 0 aliphatic carbocycles. The van der Waals surface area contributed by atoms with E-state index in [1.54, 1.807) is 0 Å². The molecule has 1 N–H and O–H groups in total. The molecule has 1 aromatic heterocycles. The van der Waals surface area contributed by atoms with Gasteiger partial charge in [-0.3, -0.25) is 0 Å². The fraction of sp³-hybridized carbons (Fsp3) is 0. The van der Waals surface area contributed by atoms with Gasteiger partial charge in [0.15, 0.2) is 0 Å². The summed E-state index contributed by atoms with van der Waals surface area (Å²) < 4.78 is 0. The van der Waals surface area contributed by atoms with Crippen LogP contribution in [0.4, 0.5) is 0 Å². The van der Waals surface area contributed by atoms with Crippen molar-refractivity contribution in [2.45, 2.75) is 0 Å². The third-order valence-electron chi connectivity index (χ3n) is 1.46. The van der Waals surface area contributed by atoms with E-state index in [4.69, 9.17) is 0 Å². The predicted molar refractivity (Wildman–Crippen MR) is 48.2 cm³/mol. The summed E-state index contributed by atoms with van der Waals surface area (Å²) in [6, 6.07) is 10.3. The molecule has 0 spiro atoms. The Morgan fingerprint density at radius 2 is 1.73 bits per heavy atom. The lowest BCUT2D eigenvalue weighted by Crippen LogP contribution is -1.61. The topological polar surface area (TPSA) is 15.8 Å². The Labute approximate surface area is 66.1 Å². The average molecular weight is 143 g/mol. The van der Waals surface area contributed by atoms with Crippen molar-refractivity contribution < 1.29 is 0 Å². The molecule has 0 saturated carbocycles. The molecule has 0 amide bonds. The van der Waals surface area contributed by atoms with Gasteiger partial charge in [-0.15, -0.1) is 12.8 Å². The molecule has 0 unspecified atom stereocenters. The van der Waals surface area contributed by atoms with E-state index in [0.29, 0.717) is 0 Å². The quantitative estimate of drug-likeness (QED) is 0.545. The molecule has 0 atom stereocenters. The molecule has 1 nitrogen and oxygen atoms in total. The normalized spacial score (nSPS) is 8.55. The zero-order valence-corrected chi connectivity index (χ0v) is 6.12. The van der Waals surface area contributed by atoms with Crippen LogP contribution in [0.3, 0.4) is 0 Å². The van der Waals surface area contributed by atoms with Gasteiger partial charge in [0, 0.05) is 11.7 Å². The Balaban J connectivity index is 0.000000281. The van der Waals surface area contributed by atoms with E-state index in [2.05, 4.69) is 36.0 Å². The highest BCUT2D eigenvalue weighted by molar-refractivity contribution is 5.78.